The Balaban J connectivity index is 1.51. The van der Waals surface area contributed by atoms with E-state index in [1.54, 1.807) is 18.2 Å². The van der Waals surface area contributed by atoms with Crippen LogP contribution in [-0.4, -0.2) is 35.6 Å². The lowest BCUT2D eigenvalue weighted by Crippen LogP contribution is -2.30. The normalized spacial score (nSPS) is 13.7. The summed E-state index contributed by atoms with van der Waals surface area (Å²) in [6.45, 7) is 1.02. The standard InChI is InChI=1S/C35H33F3N4O3/c36-35(37,38)30-21-26(14-15-27(30)34(44)42-17-7-8-18-42)41-33(43)29(19-23-9-3-1-4-10-23)28-20-25(32(39)40)13-16-31(28)45-22-24-11-5-2-6-12-24/h1-6,9-16,20-21,29H,7-8,17-19,22H2,(H3,39,40)(H,41,43). The molecule has 4 aromatic carbocycles. The number of amidine groups is 1. The van der Waals surface area contributed by atoms with E-state index in [9.17, 15) is 22.8 Å². The maximum Gasteiger partial charge on any atom is 0.417 e. The number of nitrogens with zero attached hydrogens (tertiary/aromatic N) is 1. The van der Waals surface area contributed by atoms with E-state index in [2.05, 4.69) is 5.32 Å². The number of carbonyl (C=O) groups excluding carboxylic acids is 2. The molecule has 1 fully saturated rings. The lowest BCUT2D eigenvalue weighted by Gasteiger charge is -2.23. The van der Waals surface area contributed by atoms with Crippen LogP contribution in [0, 0.1) is 5.41 Å². The molecule has 1 aliphatic heterocycles. The summed E-state index contributed by atoms with van der Waals surface area (Å²) in [6, 6.07) is 26.7. The van der Waals surface area contributed by atoms with Gasteiger partial charge in [0.2, 0.25) is 5.91 Å². The number of hydrogen-bond acceptors (Lipinski definition) is 4. The van der Waals surface area contributed by atoms with Gasteiger partial charge in [0.1, 0.15) is 18.2 Å². The predicted octanol–water partition coefficient (Wildman–Crippen LogP) is 6.77. The Labute approximate surface area is 259 Å². The minimum atomic E-state index is -4.82. The van der Waals surface area contributed by atoms with Gasteiger partial charge in [0.15, 0.2) is 0 Å². The zero-order chi connectivity index (χ0) is 32.0. The Bertz CT molecular complexity index is 1670. The summed E-state index contributed by atoms with van der Waals surface area (Å²) >= 11 is 0. The highest BCUT2D eigenvalue weighted by atomic mass is 19.4. The van der Waals surface area contributed by atoms with Crippen molar-refractivity contribution in [3.8, 4) is 5.75 Å². The summed E-state index contributed by atoms with van der Waals surface area (Å²) in [5, 5.41) is 10.6. The topological polar surface area (TPSA) is 109 Å². The second-order valence-corrected chi connectivity index (χ2v) is 10.9. The van der Waals surface area contributed by atoms with Gasteiger partial charge in [0.05, 0.1) is 17.0 Å². The lowest BCUT2D eigenvalue weighted by molar-refractivity contribution is -0.138. The van der Waals surface area contributed by atoms with Gasteiger partial charge in [-0.1, -0.05) is 60.7 Å². The van der Waals surface area contributed by atoms with Gasteiger partial charge in [-0.2, -0.15) is 13.2 Å². The van der Waals surface area contributed by atoms with Crippen LogP contribution < -0.4 is 15.8 Å². The number of anilines is 1. The van der Waals surface area contributed by atoms with E-state index in [0.29, 0.717) is 30.0 Å². The number of alkyl halides is 3. The largest absolute Gasteiger partial charge is 0.489 e. The molecule has 1 unspecified atom stereocenters. The van der Waals surface area contributed by atoms with Crippen molar-refractivity contribution >= 4 is 23.3 Å². The van der Waals surface area contributed by atoms with Gasteiger partial charge in [-0.3, -0.25) is 15.0 Å². The second-order valence-electron chi connectivity index (χ2n) is 10.9. The summed E-state index contributed by atoms with van der Waals surface area (Å²) < 4.78 is 48.7. The van der Waals surface area contributed by atoms with E-state index in [4.69, 9.17) is 15.9 Å². The maximum atomic E-state index is 14.2. The first-order valence-corrected chi connectivity index (χ1v) is 14.6. The number of nitrogen functional groups attached to an aromatic ring is 1. The highest BCUT2D eigenvalue weighted by molar-refractivity contribution is 6.00. The molecule has 0 aliphatic carbocycles. The molecule has 232 valence electrons. The Kier molecular flexibility index (Phi) is 9.51. The summed E-state index contributed by atoms with van der Waals surface area (Å²) in [6.07, 6.45) is -3.14. The summed E-state index contributed by atoms with van der Waals surface area (Å²) in [5.41, 5.74) is 6.64. The Morgan fingerprint density at radius 3 is 2.16 bits per heavy atom. The fourth-order valence-electron chi connectivity index (χ4n) is 5.41. The fourth-order valence-corrected chi connectivity index (χ4v) is 5.41. The molecule has 1 atom stereocenters. The molecule has 5 rings (SSSR count). The number of benzene rings is 4. The molecule has 45 heavy (non-hydrogen) atoms. The van der Waals surface area contributed by atoms with E-state index < -0.39 is 35.0 Å². The van der Waals surface area contributed by atoms with Crippen LogP contribution in [0.2, 0.25) is 0 Å². The van der Waals surface area contributed by atoms with Crippen molar-refractivity contribution in [2.45, 2.75) is 38.0 Å². The van der Waals surface area contributed by atoms with Crippen molar-refractivity contribution in [1.29, 1.82) is 5.41 Å². The molecule has 7 nitrogen and oxygen atoms in total. The Morgan fingerprint density at radius 1 is 0.889 bits per heavy atom. The molecule has 0 bridgehead atoms. The molecular weight excluding hydrogens is 581 g/mol. The molecule has 4 aromatic rings. The lowest BCUT2D eigenvalue weighted by atomic mass is 9.89. The van der Waals surface area contributed by atoms with Crippen molar-refractivity contribution < 1.29 is 27.5 Å². The molecule has 0 spiro atoms. The highest BCUT2D eigenvalue weighted by Gasteiger charge is 2.37. The van der Waals surface area contributed by atoms with Crippen LogP contribution in [-0.2, 0) is 24.0 Å². The van der Waals surface area contributed by atoms with Crippen molar-refractivity contribution in [3.05, 3.63) is 130 Å². The molecular formula is C35H33F3N4O3. The zero-order valence-corrected chi connectivity index (χ0v) is 24.4. The number of likely N-dealkylation sites (tertiary alicyclic amines) is 1. The minimum Gasteiger partial charge on any atom is -0.489 e. The molecule has 0 saturated carbocycles. The average molecular weight is 615 g/mol. The number of amides is 2. The number of rotatable bonds is 10. The molecule has 10 heteroatoms. The number of nitrogens with one attached hydrogen (secondary N) is 2. The Hall–Kier alpha value is -5.12. The van der Waals surface area contributed by atoms with E-state index in [1.165, 1.54) is 11.0 Å². The first-order chi connectivity index (χ1) is 21.6. The van der Waals surface area contributed by atoms with Gasteiger partial charge in [0.25, 0.3) is 5.91 Å². The van der Waals surface area contributed by atoms with E-state index >= 15 is 0 Å². The molecule has 1 aliphatic rings. The number of nitrogens with two attached hydrogens (primary N) is 1. The SMILES string of the molecule is N=C(N)c1ccc(OCc2ccccc2)c(C(Cc2ccccc2)C(=O)Nc2ccc(C(=O)N3CCCC3)c(C(F)(F)F)c2)c1. The first kappa shape index (κ1) is 31.3. The summed E-state index contributed by atoms with van der Waals surface area (Å²) in [7, 11) is 0. The van der Waals surface area contributed by atoms with Gasteiger partial charge in [-0.25, -0.2) is 0 Å². The molecule has 0 radical (unpaired) electrons. The third-order valence-electron chi connectivity index (χ3n) is 7.75. The second kappa shape index (κ2) is 13.7. The third kappa shape index (κ3) is 7.70. The number of ether oxygens (including phenoxy) is 1. The van der Waals surface area contributed by atoms with Crippen molar-refractivity contribution in [3.63, 3.8) is 0 Å². The molecule has 1 heterocycles. The predicted molar refractivity (Wildman–Crippen MR) is 166 cm³/mol. The number of hydrogen-bond donors (Lipinski definition) is 3. The van der Waals surface area contributed by atoms with Gasteiger partial charge < -0.3 is 20.7 Å². The zero-order valence-electron chi connectivity index (χ0n) is 24.4. The Morgan fingerprint density at radius 2 is 1.53 bits per heavy atom. The molecule has 1 saturated heterocycles. The van der Waals surface area contributed by atoms with Gasteiger partial charge in [0, 0.05) is 29.9 Å². The summed E-state index contributed by atoms with van der Waals surface area (Å²) in [5.74, 6) is -2.03. The first-order valence-electron chi connectivity index (χ1n) is 14.6. The van der Waals surface area contributed by atoms with Crippen LogP contribution in [0.4, 0.5) is 18.9 Å². The molecule has 2 amide bonds. The summed E-state index contributed by atoms with van der Waals surface area (Å²) in [4.78, 5) is 28.4. The van der Waals surface area contributed by atoms with Crippen LogP contribution in [0.25, 0.3) is 0 Å². The highest BCUT2D eigenvalue weighted by Crippen LogP contribution is 2.36. The van der Waals surface area contributed by atoms with Crippen LogP contribution in [0.5, 0.6) is 5.75 Å². The van der Waals surface area contributed by atoms with Gasteiger partial charge in [-0.05, 0) is 66.8 Å². The number of halogens is 3. The van der Waals surface area contributed by atoms with Gasteiger partial charge in [-0.15, -0.1) is 0 Å². The van der Waals surface area contributed by atoms with Crippen molar-refractivity contribution in [1.82, 2.24) is 4.90 Å². The smallest absolute Gasteiger partial charge is 0.417 e. The monoisotopic (exact) mass is 614 g/mol. The maximum absolute atomic E-state index is 14.2. The van der Waals surface area contributed by atoms with Crippen molar-refractivity contribution in [2.24, 2.45) is 5.73 Å². The van der Waals surface area contributed by atoms with E-state index in [0.717, 1.165) is 36.1 Å². The fraction of sp³-hybridized carbons (Fsp3) is 0.229. The van der Waals surface area contributed by atoms with Crippen LogP contribution >= 0.6 is 0 Å². The quantitative estimate of drug-likeness (QED) is 0.135. The number of carbonyl (C=O) groups is 2. The molecule has 4 N–H and O–H groups in total. The molecule has 0 aromatic heterocycles. The minimum absolute atomic E-state index is 0.0992. The van der Waals surface area contributed by atoms with Crippen LogP contribution in [0.1, 0.15) is 56.9 Å². The van der Waals surface area contributed by atoms with Crippen molar-refractivity contribution in [2.75, 3.05) is 18.4 Å². The van der Waals surface area contributed by atoms with E-state index in [1.807, 2.05) is 60.7 Å². The van der Waals surface area contributed by atoms with Crippen LogP contribution in [0.15, 0.2) is 97.1 Å². The van der Waals surface area contributed by atoms with Crippen LogP contribution in [0.3, 0.4) is 0 Å². The third-order valence-corrected chi connectivity index (χ3v) is 7.75. The van der Waals surface area contributed by atoms with E-state index in [-0.39, 0.29) is 24.6 Å². The van der Waals surface area contributed by atoms with Gasteiger partial charge >= 0.3 is 6.18 Å². The average Bonchev–Trinajstić information content (AvgIpc) is 3.58.